The third-order valence-corrected chi connectivity index (χ3v) is 6.36. The molecule has 0 radical (unpaired) electrons. The quantitative estimate of drug-likeness (QED) is 0.472. The molecule has 8 heteroatoms. The van der Waals surface area contributed by atoms with Crippen molar-refractivity contribution in [1.29, 1.82) is 0 Å². The Bertz CT molecular complexity index is 1160. The lowest BCUT2D eigenvalue weighted by Crippen LogP contribution is -2.46. The van der Waals surface area contributed by atoms with Crippen molar-refractivity contribution in [2.75, 3.05) is 16.8 Å². The van der Waals surface area contributed by atoms with Gasteiger partial charge in [0, 0.05) is 24.7 Å². The number of carbonyl (C=O) groups excluding carboxylic acids is 4. The van der Waals surface area contributed by atoms with Crippen LogP contribution in [0.25, 0.3) is 0 Å². The molecule has 0 saturated carbocycles. The van der Waals surface area contributed by atoms with E-state index in [1.165, 1.54) is 41.7 Å². The van der Waals surface area contributed by atoms with E-state index in [0.717, 1.165) is 30.6 Å². The van der Waals surface area contributed by atoms with Crippen molar-refractivity contribution in [3.63, 3.8) is 0 Å². The number of anilines is 2. The van der Waals surface area contributed by atoms with Crippen molar-refractivity contribution in [2.45, 2.75) is 51.5 Å². The zero-order valence-electron chi connectivity index (χ0n) is 19.6. The average molecular weight is 478 g/mol. The van der Waals surface area contributed by atoms with Crippen molar-refractivity contribution < 1.29 is 23.6 Å². The van der Waals surface area contributed by atoms with Crippen molar-refractivity contribution in [1.82, 2.24) is 4.90 Å². The fraction of sp³-hybridized carbons (Fsp3) is 0.333. The van der Waals surface area contributed by atoms with Crippen molar-refractivity contribution in [3.8, 4) is 0 Å². The molecule has 1 saturated heterocycles. The number of rotatable bonds is 7. The number of benzene rings is 2. The zero-order chi connectivity index (χ0) is 24.9. The molecule has 1 unspecified atom stereocenters. The molecular formula is C27H28FN3O4. The summed E-state index contributed by atoms with van der Waals surface area (Å²) < 4.78 is 13.4. The van der Waals surface area contributed by atoms with E-state index in [9.17, 15) is 23.6 Å². The topological polar surface area (TPSA) is 86.8 Å². The number of nitrogens with zero attached hydrogens (tertiary/aromatic N) is 2. The van der Waals surface area contributed by atoms with Crippen LogP contribution >= 0.6 is 0 Å². The van der Waals surface area contributed by atoms with Crippen molar-refractivity contribution in [2.24, 2.45) is 0 Å². The summed E-state index contributed by atoms with van der Waals surface area (Å²) in [6.45, 7) is 1.68. The Hall–Kier alpha value is -3.81. The number of amides is 4. The van der Waals surface area contributed by atoms with Crippen LogP contribution in [0.5, 0.6) is 0 Å². The summed E-state index contributed by atoms with van der Waals surface area (Å²) in [6, 6.07) is 10.7. The molecule has 1 aliphatic carbocycles. The highest BCUT2D eigenvalue weighted by molar-refractivity contribution is 6.23. The van der Waals surface area contributed by atoms with Crippen LogP contribution in [0.2, 0.25) is 0 Å². The van der Waals surface area contributed by atoms with Crippen LogP contribution in [0.4, 0.5) is 15.8 Å². The van der Waals surface area contributed by atoms with Crippen LogP contribution in [0.1, 0.15) is 55.8 Å². The van der Waals surface area contributed by atoms with Gasteiger partial charge in [0.1, 0.15) is 11.9 Å². The van der Waals surface area contributed by atoms with Crippen LogP contribution in [0.3, 0.4) is 0 Å². The van der Waals surface area contributed by atoms with Gasteiger partial charge in [0.2, 0.25) is 11.8 Å². The first kappa shape index (κ1) is 24.3. The van der Waals surface area contributed by atoms with Gasteiger partial charge in [0.15, 0.2) is 0 Å². The lowest BCUT2D eigenvalue weighted by molar-refractivity contribution is -0.122. The molecule has 1 heterocycles. The fourth-order valence-corrected chi connectivity index (χ4v) is 4.58. The van der Waals surface area contributed by atoms with Gasteiger partial charge in [0.05, 0.1) is 12.1 Å². The predicted molar refractivity (Wildman–Crippen MR) is 130 cm³/mol. The van der Waals surface area contributed by atoms with Crippen LogP contribution in [0, 0.1) is 5.82 Å². The Labute approximate surface area is 203 Å². The van der Waals surface area contributed by atoms with E-state index in [4.69, 9.17) is 0 Å². The molecule has 1 aliphatic heterocycles. The summed E-state index contributed by atoms with van der Waals surface area (Å²) in [4.78, 5) is 53.6. The summed E-state index contributed by atoms with van der Waals surface area (Å²) in [6.07, 6.45) is 6.89. The first-order chi connectivity index (χ1) is 16.8. The maximum Gasteiger partial charge on any atom is 0.257 e. The Morgan fingerprint density at radius 1 is 1.06 bits per heavy atom. The highest BCUT2D eigenvalue weighted by atomic mass is 19.1. The molecule has 4 amide bonds. The lowest BCUT2D eigenvalue weighted by atomic mass is 9.96. The van der Waals surface area contributed by atoms with Crippen molar-refractivity contribution >= 4 is 35.0 Å². The number of hydrogen-bond donors (Lipinski definition) is 1. The zero-order valence-corrected chi connectivity index (χ0v) is 19.6. The van der Waals surface area contributed by atoms with E-state index >= 15 is 0 Å². The van der Waals surface area contributed by atoms with E-state index in [2.05, 4.69) is 11.4 Å². The number of carbonyl (C=O) groups is 4. The minimum Gasteiger partial charge on any atom is -0.326 e. The monoisotopic (exact) mass is 477 g/mol. The normalized spacial score (nSPS) is 17.8. The summed E-state index contributed by atoms with van der Waals surface area (Å²) in [5.74, 6) is -1.97. The molecule has 0 spiro atoms. The van der Waals surface area contributed by atoms with Crippen molar-refractivity contribution in [3.05, 3.63) is 71.6 Å². The second-order valence-corrected chi connectivity index (χ2v) is 8.88. The summed E-state index contributed by atoms with van der Waals surface area (Å²) >= 11 is 0. The number of imide groups is 1. The molecular weight excluding hydrogens is 449 g/mol. The average Bonchev–Trinajstić information content (AvgIpc) is 3.14. The third-order valence-electron chi connectivity index (χ3n) is 6.36. The standard InChI is InChI=1S/C27H28FN3O4/c1-18(32)29-22-11-13-23(14-12-22)31-25(33)17-24(27(31)35)30(16-15-19-5-3-2-4-6-19)26(34)20-7-9-21(28)10-8-20/h5,7-14,24H,2-4,6,15-17H2,1H3,(H,29,32). The van der Waals surface area contributed by atoms with E-state index in [-0.39, 0.29) is 17.9 Å². The van der Waals surface area contributed by atoms with Gasteiger partial charge in [0.25, 0.3) is 11.8 Å². The highest BCUT2D eigenvalue weighted by Gasteiger charge is 2.44. The molecule has 7 nitrogen and oxygen atoms in total. The number of hydrogen-bond acceptors (Lipinski definition) is 4. The molecule has 2 aromatic rings. The molecule has 1 fully saturated rings. The van der Waals surface area contributed by atoms with E-state index in [1.54, 1.807) is 24.3 Å². The molecule has 2 aromatic carbocycles. The smallest absolute Gasteiger partial charge is 0.257 e. The van der Waals surface area contributed by atoms with Gasteiger partial charge in [-0.1, -0.05) is 11.6 Å². The predicted octanol–water partition coefficient (Wildman–Crippen LogP) is 4.45. The van der Waals surface area contributed by atoms with Gasteiger partial charge in [-0.3, -0.25) is 19.2 Å². The Morgan fingerprint density at radius 3 is 2.40 bits per heavy atom. The molecule has 35 heavy (non-hydrogen) atoms. The third kappa shape index (κ3) is 5.65. The molecule has 1 N–H and O–H groups in total. The maximum atomic E-state index is 13.4. The maximum absolute atomic E-state index is 13.4. The van der Waals surface area contributed by atoms with Gasteiger partial charge in [-0.25, -0.2) is 9.29 Å². The largest absolute Gasteiger partial charge is 0.326 e. The lowest BCUT2D eigenvalue weighted by Gasteiger charge is -2.28. The molecule has 0 aromatic heterocycles. The molecule has 0 bridgehead atoms. The van der Waals surface area contributed by atoms with Crippen LogP contribution in [0.15, 0.2) is 60.2 Å². The van der Waals surface area contributed by atoms with E-state index in [1.807, 2.05) is 0 Å². The van der Waals surface area contributed by atoms with Gasteiger partial charge < -0.3 is 10.2 Å². The minimum atomic E-state index is -0.945. The van der Waals surface area contributed by atoms with Crippen LogP contribution < -0.4 is 10.2 Å². The molecule has 2 aliphatic rings. The fourth-order valence-electron chi connectivity index (χ4n) is 4.58. The number of allylic oxidation sites excluding steroid dienone is 1. The SMILES string of the molecule is CC(=O)Nc1ccc(N2C(=O)CC(N(CCC3=CCCCC3)C(=O)c3ccc(F)cc3)C2=O)cc1. The van der Waals surface area contributed by atoms with E-state index < -0.39 is 29.6 Å². The summed E-state index contributed by atoms with van der Waals surface area (Å²) in [5.41, 5.74) is 2.43. The second-order valence-electron chi connectivity index (χ2n) is 8.88. The van der Waals surface area contributed by atoms with Gasteiger partial charge in [-0.15, -0.1) is 0 Å². The van der Waals surface area contributed by atoms with Crippen LogP contribution in [-0.2, 0) is 14.4 Å². The minimum absolute atomic E-state index is 0.127. The molecule has 4 rings (SSSR count). The van der Waals surface area contributed by atoms with Gasteiger partial charge in [-0.05, 0) is 80.6 Å². The summed E-state index contributed by atoms with van der Waals surface area (Å²) in [5, 5.41) is 2.64. The molecule has 182 valence electrons. The highest BCUT2D eigenvalue weighted by Crippen LogP contribution is 2.29. The van der Waals surface area contributed by atoms with Gasteiger partial charge >= 0.3 is 0 Å². The summed E-state index contributed by atoms with van der Waals surface area (Å²) in [7, 11) is 0. The Kier molecular flexibility index (Phi) is 7.39. The number of nitrogens with one attached hydrogen (secondary N) is 1. The van der Waals surface area contributed by atoms with E-state index in [0.29, 0.717) is 24.3 Å². The first-order valence-electron chi connectivity index (χ1n) is 11.8. The van der Waals surface area contributed by atoms with Crippen LogP contribution in [-0.4, -0.2) is 41.1 Å². The molecule has 1 atom stereocenters. The second kappa shape index (κ2) is 10.6. The Morgan fingerprint density at radius 2 is 1.77 bits per heavy atom. The first-order valence-corrected chi connectivity index (χ1v) is 11.8. The Balaban J connectivity index is 1.58. The number of halogens is 1. The van der Waals surface area contributed by atoms with Gasteiger partial charge in [-0.2, -0.15) is 0 Å².